The smallest absolute Gasteiger partial charge is 0.139 e. The maximum atomic E-state index is 5.43. The fraction of sp³-hybridized carbons (Fsp3) is 0.533. The average molecular weight is 257 g/mol. The first kappa shape index (κ1) is 11.3. The number of fused-ring (bicyclic) bond motifs is 1. The summed E-state index contributed by atoms with van der Waals surface area (Å²) in [4.78, 5) is 4.47. The Morgan fingerprint density at radius 1 is 1.37 bits per heavy atom. The minimum atomic E-state index is 0.417. The largest absolute Gasteiger partial charge is 0.464 e. The Morgan fingerprint density at radius 2 is 2.32 bits per heavy atom. The number of nitrogens with one attached hydrogen (secondary N) is 2. The van der Waals surface area contributed by atoms with E-state index in [1.807, 2.05) is 18.3 Å². The van der Waals surface area contributed by atoms with Crippen LogP contribution in [0.1, 0.15) is 32.1 Å². The van der Waals surface area contributed by atoms with Crippen LogP contribution < -0.4 is 10.6 Å². The Balaban J connectivity index is 1.56. The number of furan rings is 1. The van der Waals surface area contributed by atoms with Crippen LogP contribution in [0.4, 0.5) is 5.82 Å². The molecule has 1 saturated heterocycles. The van der Waals surface area contributed by atoms with Gasteiger partial charge < -0.3 is 15.1 Å². The van der Waals surface area contributed by atoms with Gasteiger partial charge >= 0.3 is 0 Å². The molecule has 19 heavy (non-hydrogen) atoms. The molecular formula is C15H19N3O. The number of piperidine rings is 1. The standard InChI is InChI=1S/C15H19N3O/c1-5-15(6-1)10-11(2-8-17-15)18-14-12-4-9-19-13(12)3-7-16-14/h3-4,7,9,11,17H,1-2,5-6,8,10H2,(H,16,18). The third-order valence-corrected chi connectivity index (χ3v) is 4.66. The van der Waals surface area contributed by atoms with Crippen LogP contribution in [0.2, 0.25) is 0 Å². The summed E-state index contributed by atoms with van der Waals surface area (Å²) in [6.45, 7) is 1.11. The first-order valence-electron chi connectivity index (χ1n) is 7.19. The van der Waals surface area contributed by atoms with Crippen molar-refractivity contribution in [2.24, 2.45) is 0 Å². The fourth-order valence-electron chi connectivity index (χ4n) is 3.47. The molecule has 4 rings (SSSR count). The summed E-state index contributed by atoms with van der Waals surface area (Å²) in [6, 6.07) is 4.43. The summed E-state index contributed by atoms with van der Waals surface area (Å²) in [6.07, 6.45) is 9.95. The third-order valence-electron chi connectivity index (χ3n) is 4.66. The Hall–Kier alpha value is -1.55. The topological polar surface area (TPSA) is 50.1 Å². The van der Waals surface area contributed by atoms with Gasteiger partial charge in [-0.05, 0) is 50.8 Å². The molecule has 2 aromatic rings. The monoisotopic (exact) mass is 257 g/mol. The van der Waals surface area contributed by atoms with E-state index in [9.17, 15) is 0 Å². The van der Waals surface area contributed by atoms with Crippen LogP contribution in [0.3, 0.4) is 0 Å². The van der Waals surface area contributed by atoms with Crippen LogP contribution in [-0.4, -0.2) is 23.1 Å². The minimum Gasteiger partial charge on any atom is -0.464 e. The van der Waals surface area contributed by atoms with Gasteiger partial charge in [-0.25, -0.2) is 4.98 Å². The zero-order chi connectivity index (χ0) is 12.7. The van der Waals surface area contributed by atoms with Crippen molar-refractivity contribution >= 4 is 16.8 Å². The lowest BCUT2D eigenvalue weighted by Crippen LogP contribution is -2.58. The summed E-state index contributed by atoms with van der Waals surface area (Å²) in [5, 5.41) is 8.41. The molecule has 1 saturated carbocycles. The number of aromatic nitrogens is 1. The molecule has 1 spiro atoms. The second-order valence-corrected chi connectivity index (χ2v) is 5.89. The molecular weight excluding hydrogens is 238 g/mol. The van der Waals surface area contributed by atoms with Gasteiger partial charge in [0.1, 0.15) is 11.4 Å². The van der Waals surface area contributed by atoms with Gasteiger partial charge in [-0.15, -0.1) is 0 Å². The fourth-order valence-corrected chi connectivity index (χ4v) is 3.47. The molecule has 1 atom stereocenters. The Labute approximate surface area is 112 Å². The van der Waals surface area contributed by atoms with Crippen molar-refractivity contribution in [2.45, 2.75) is 43.7 Å². The lowest BCUT2D eigenvalue weighted by molar-refractivity contribution is 0.135. The molecule has 100 valence electrons. The predicted octanol–water partition coefficient (Wildman–Crippen LogP) is 2.91. The molecule has 0 amide bonds. The summed E-state index contributed by atoms with van der Waals surface area (Å²) < 4.78 is 5.43. The van der Waals surface area contributed by atoms with Crippen LogP contribution in [0.15, 0.2) is 29.0 Å². The minimum absolute atomic E-state index is 0.417. The van der Waals surface area contributed by atoms with Gasteiger partial charge in [0.25, 0.3) is 0 Å². The number of rotatable bonds is 2. The van der Waals surface area contributed by atoms with E-state index in [4.69, 9.17) is 4.42 Å². The van der Waals surface area contributed by atoms with Crippen molar-refractivity contribution in [3.05, 3.63) is 24.6 Å². The average Bonchev–Trinajstić information content (AvgIpc) is 2.87. The maximum absolute atomic E-state index is 5.43. The highest BCUT2D eigenvalue weighted by atomic mass is 16.3. The number of hydrogen-bond donors (Lipinski definition) is 2. The second kappa shape index (κ2) is 4.23. The quantitative estimate of drug-likeness (QED) is 0.868. The normalized spacial score (nSPS) is 25.4. The van der Waals surface area contributed by atoms with E-state index < -0.39 is 0 Å². The first-order valence-corrected chi connectivity index (χ1v) is 7.19. The Bertz CT molecular complexity index is 588. The van der Waals surface area contributed by atoms with Crippen molar-refractivity contribution < 1.29 is 4.42 Å². The van der Waals surface area contributed by atoms with Crippen molar-refractivity contribution in [1.82, 2.24) is 10.3 Å². The van der Waals surface area contributed by atoms with Crippen molar-refractivity contribution in [3.8, 4) is 0 Å². The zero-order valence-electron chi connectivity index (χ0n) is 11.0. The van der Waals surface area contributed by atoms with E-state index in [2.05, 4.69) is 15.6 Å². The highest BCUT2D eigenvalue weighted by Gasteiger charge is 2.40. The molecule has 1 aliphatic heterocycles. The number of nitrogens with zero attached hydrogens (tertiary/aromatic N) is 1. The van der Waals surface area contributed by atoms with Crippen LogP contribution in [0, 0.1) is 0 Å². The van der Waals surface area contributed by atoms with Gasteiger partial charge in [0.15, 0.2) is 0 Å². The van der Waals surface area contributed by atoms with E-state index in [1.54, 1.807) is 6.26 Å². The summed E-state index contributed by atoms with van der Waals surface area (Å²) in [7, 11) is 0. The molecule has 1 unspecified atom stereocenters. The molecule has 0 aromatic carbocycles. The second-order valence-electron chi connectivity index (χ2n) is 5.89. The molecule has 0 radical (unpaired) electrons. The van der Waals surface area contributed by atoms with Gasteiger partial charge in [-0.3, -0.25) is 0 Å². The van der Waals surface area contributed by atoms with Crippen molar-refractivity contribution in [2.75, 3.05) is 11.9 Å². The Morgan fingerprint density at radius 3 is 3.16 bits per heavy atom. The highest BCUT2D eigenvalue weighted by Crippen LogP contribution is 2.39. The van der Waals surface area contributed by atoms with Gasteiger partial charge in [-0.1, -0.05) is 0 Å². The van der Waals surface area contributed by atoms with Crippen molar-refractivity contribution in [1.29, 1.82) is 0 Å². The molecule has 2 N–H and O–H groups in total. The van der Waals surface area contributed by atoms with Crippen molar-refractivity contribution in [3.63, 3.8) is 0 Å². The number of anilines is 1. The van der Waals surface area contributed by atoms with E-state index >= 15 is 0 Å². The van der Waals surface area contributed by atoms with E-state index in [1.165, 1.54) is 25.7 Å². The van der Waals surface area contributed by atoms with Gasteiger partial charge in [0.05, 0.1) is 11.6 Å². The molecule has 2 aliphatic rings. The van der Waals surface area contributed by atoms with E-state index in [-0.39, 0.29) is 0 Å². The van der Waals surface area contributed by atoms with Crippen LogP contribution in [0.25, 0.3) is 11.0 Å². The van der Waals surface area contributed by atoms with Crippen LogP contribution >= 0.6 is 0 Å². The zero-order valence-corrected chi connectivity index (χ0v) is 11.0. The first-order chi connectivity index (χ1) is 9.35. The Kier molecular flexibility index (Phi) is 2.52. The lowest BCUT2D eigenvalue weighted by atomic mass is 9.70. The summed E-state index contributed by atoms with van der Waals surface area (Å²) in [5.74, 6) is 0.965. The predicted molar refractivity (Wildman–Crippen MR) is 75.2 cm³/mol. The molecule has 3 heterocycles. The summed E-state index contributed by atoms with van der Waals surface area (Å²) in [5.41, 5.74) is 1.32. The number of hydrogen-bond acceptors (Lipinski definition) is 4. The van der Waals surface area contributed by atoms with Gasteiger partial charge in [-0.2, -0.15) is 0 Å². The molecule has 1 aliphatic carbocycles. The van der Waals surface area contributed by atoms with Crippen LogP contribution in [-0.2, 0) is 0 Å². The third kappa shape index (κ3) is 1.91. The molecule has 2 aromatic heterocycles. The molecule has 4 nitrogen and oxygen atoms in total. The van der Waals surface area contributed by atoms with Crippen LogP contribution in [0.5, 0.6) is 0 Å². The molecule has 0 bridgehead atoms. The molecule has 4 heteroatoms. The van der Waals surface area contributed by atoms with E-state index in [0.717, 1.165) is 29.8 Å². The summed E-state index contributed by atoms with van der Waals surface area (Å²) >= 11 is 0. The SMILES string of the molecule is c1cc2occc2c(NC2CCNC3(CCC3)C2)n1. The highest BCUT2D eigenvalue weighted by molar-refractivity contribution is 5.87. The van der Waals surface area contributed by atoms with Gasteiger partial charge in [0.2, 0.25) is 0 Å². The molecule has 2 fully saturated rings. The maximum Gasteiger partial charge on any atom is 0.139 e. The number of pyridine rings is 1. The van der Waals surface area contributed by atoms with Gasteiger partial charge in [0, 0.05) is 17.8 Å². The van der Waals surface area contributed by atoms with E-state index in [0.29, 0.717) is 11.6 Å². The lowest BCUT2D eigenvalue weighted by Gasteiger charge is -2.48.